The molecule has 4 aromatic carbocycles. The number of hydrogen-bond donors (Lipinski definition) is 1. The molecule has 0 spiro atoms. The molecule has 0 atom stereocenters. The van der Waals surface area contributed by atoms with E-state index in [9.17, 15) is 4.79 Å². The molecule has 0 saturated heterocycles. The summed E-state index contributed by atoms with van der Waals surface area (Å²) >= 11 is 12.2. The Bertz CT molecular complexity index is 1470. The van der Waals surface area contributed by atoms with Gasteiger partial charge < -0.3 is 5.32 Å². The van der Waals surface area contributed by atoms with Crippen molar-refractivity contribution in [2.45, 2.75) is 0 Å². The van der Waals surface area contributed by atoms with Gasteiger partial charge in [-0.2, -0.15) is 0 Å². The minimum atomic E-state index is -0.309. The van der Waals surface area contributed by atoms with Gasteiger partial charge in [-0.15, -0.1) is 0 Å². The summed E-state index contributed by atoms with van der Waals surface area (Å²) < 4.78 is 0. The van der Waals surface area contributed by atoms with Gasteiger partial charge >= 0.3 is 0 Å². The van der Waals surface area contributed by atoms with Crippen molar-refractivity contribution >= 4 is 45.8 Å². The van der Waals surface area contributed by atoms with Crippen molar-refractivity contribution in [1.82, 2.24) is 9.97 Å². The van der Waals surface area contributed by atoms with E-state index in [2.05, 4.69) is 5.32 Å². The number of carbonyl (C=O) groups excluding carboxylic acids is 1. The standard InChI is InChI=1S/C27H17Cl2N3O/c28-20-12-13-21(29)23(16-20)32-27(33)19-11-14-22-24(15-19)31-26(18-9-5-2-6-10-18)25(30-22)17-7-3-1-4-8-17/h1-16H,(H,32,33). The van der Waals surface area contributed by atoms with Crippen LogP contribution in [0.1, 0.15) is 10.4 Å². The fourth-order valence-corrected chi connectivity index (χ4v) is 3.91. The Labute approximate surface area is 200 Å². The normalized spacial score (nSPS) is 10.8. The first-order chi connectivity index (χ1) is 16.1. The number of benzene rings is 4. The molecule has 33 heavy (non-hydrogen) atoms. The number of fused-ring (bicyclic) bond motifs is 1. The van der Waals surface area contributed by atoms with Crippen molar-refractivity contribution in [3.8, 4) is 22.5 Å². The third-order valence-corrected chi connectivity index (χ3v) is 5.76. The second-order valence-corrected chi connectivity index (χ2v) is 8.28. The monoisotopic (exact) mass is 469 g/mol. The van der Waals surface area contributed by atoms with E-state index in [0.717, 1.165) is 22.5 Å². The number of halogens is 2. The highest BCUT2D eigenvalue weighted by molar-refractivity contribution is 6.35. The van der Waals surface area contributed by atoms with Gasteiger partial charge in [0.05, 0.1) is 33.1 Å². The predicted octanol–water partition coefficient (Wildman–Crippen LogP) is 7.52. The van der Waals surface area contributed by atoms with Gasteiger partial charge in [-0.05, 0) is 36.4 Å². The minimum absolute atomic E-state index is 0.309. The lowest BCUT2D eigenvalue weighted by atomic mass is 10.0. The molecule has 5 aromatic rings. The smallest absolute Gasteiger partial charge is 0.255 e. The van der Waals surface area contributed by atoms with E-state index in [1.807, 2.05) is 60.7 Å². The maximum atomic E-state index is 12.9. The molecule has 5 rings (SSSR count). The van der Waals surface area contributed by atoms with Crippen LogP contribution in [-0.2, 0) is 0 Å². The van der Waals surface area contributed by atoms with E-state index in [1.54, 1.807) is 36.4 Å². The first kappa shape index (κ1) is 21.1. The second-order valence-electron chi connectivity index (χ2n) is 7.43. The average Bonchev–Trinajstić information content (AvgIpc) is 2.86. The molecule has 0 bridgehead atoms. The van der Waals surface area contributed by atoms with Crippen LogP contribution in [0.5, 0.6) is 0 Å². The molecule has 4 nitrogen and oxygen atoms in total. The van der Waals surface area contributed by atoms with E-state index < -0.39 is 0 Å². The summed E-state index contributed by atoms with van der Waals surface area (Å²) in [6, 6.07) is 30.0. The van der Waals surface area contributed by atoms with Crippen LogP contribution in [0.3, 0.4) is 0 Å². The number of nitrogens with zero attached hydrogens (tertiary/aromatic N) is 2. The fourth-order valence-electron chi connectivity index (χ4n) is 3.58. The van der Waals surface area contributed by atoms with Crippen molar-refractivity contribution < 1.29 is 4.79 Å². The summed E-state index contributed by atoms with van der Waals surface area (Å²) in [4.78, 5) is 22.7. The molecule has 0 unspecified atom stereocenters. The molecule has 0 aliphatic heterocycles. The van der Waals surface area contributed by atoms with Crippen LogP contribution in [-0.4, -0.2) is 15.9 Å². The van der Waals surface area contributed by atoms with Crippen LogP contribution < -0.4 is 5.32 Å². The van der Waals surface area contributed by atoms with Crippen molar-refractivity contribution in [3.63, 3.8) is 0 Å². The third kappa shape index (κ3) is 4.44. The van der Waals surface area contributed by atoms with Crippen LogP contribution in [0, 0.1) is 0 Å². The van der Waals surface area contributed by atoms with Gasteiger partial charge in [0.2, 0.25) is 0 Å². The highest BCUT2D eigenvalue weighted by Gasteiger charge is 2.15. The molecule has 0 aliphatic carbocycles. The molecule has 0 radical (unpaired) electrons. The Morgan fingerprint density at radius 1 is 0.667 bits per heavy atom. The number of amides is 1. The maximum absolute atomic E-state index is 12.9. The topological polar surface area (TPSA) is 54.9 Å². The van der Waals surface area contributed by atoms with E-state index in [-0.39, 0.29) is 5.91 Å². The van der Waals surface area contributed by atoms with Gasteiger partial charge in [0.25, 0.3) is 5.91 Å². The van der Waals surface area contributed by atoms with Crippen LogP contribution in [0.4, 0.5) is 5.69 Å². The summed E-state index contributed by atoms with van der Waals surface area (Å²) in [5.41, 5.74) is 5.68. The highest BCUT2D eigenvalue weighted by atomic mass is 35.5. The number of hydrogen-bond acceptors (Lipinski definition) is 3. The molecule has 160 valence electrons. The summed E-state index contributed by atoms with van der Waals surface area (Å²) in [7, 11) is 0. The lowest BCUT2D eigenvalue weighted by Gasteiger charge is -2.12. The van der Waals surface area contributed by atoms with Crippen molar-refractivity contribution in [2.24, 2.45) is 0 Å². The zero-order valence-electron chi connectivity index (χ0n) is 17.3. The molecule has 0 aliphatic rings. The molecule has 1 heterocycles. The van der Waals surface area contributed by atoms with Crippen LogP contribution in [0.15, 0.2) is 97.1 Å². The molecule has 6 heteroatoms. The number of rotatable bonds is 4. The van der Waals surface area contributed by atoms with Crippen molar-refractivity contribution in [3.05, 3.63) is 113 Å². The number of nitrogens with one attached hydrogen (secondary N) is 1. The lowest BCUT2D eigenvalue weighted by Crippen LogP contribution is -2.12. The van der Waals surface area contributed by atoms with Crippen molar-refractivity contribution in [1.29, 1.82) is 0 Å². The van der Waals surface area contributed by atoms with Crippen LogP contribution in [0.25, 0.3) is 33.5 Å². The van der Waals surface area contributed by atoms with Gasteiger partial charge in [0.1, 0.15) is 0 Å². The van der Waals surface area contributed by atoms with Gasteiger partial charge in [0.15, 0.2) is 0 Å². The zero-order chi connectivity index (χ0) is 22.8. The summed E-state index contributed by atoms with van der Waals surface area (Å²) in [5, 5.41) is 3.71. The maximum Gasteiger partial charge on any atom is 0.255 e. The summed E-state index contributed by atoms with van der Waals surface area (Å²) in [5.74, 6) is -0.309. The highest BCUT2D eigenvalue weighted by Crippen LogP contribution is 2.31. The Morgan fingerprint density at radius 3 is 1.91 bits per heavy atom. The number of aromatic nitrogens is 2. The van der Waals surface area contributed by atoms with E-state index in [4.69, 9.17) is 33.2 Å². The minimum Gasteiger partial charge on any atom is -0.321 e. The van der Waals surface area contributed by atoms with E-state index in [0.29, 0.717) is 32.3 Å². The SMILES string of the molecule is O=C(Nc1cc(Cl)ccc1Cl)c1ccc2nc(-c3ccccc3)c(-c3ccccc3)nc2c1. The molecular weight excluding hydrogens is 453 g/mol. The Morgan fingerprint density at radius 2 is 1.27 bits per heavy atom. The number of anilines is 1. The zero-order valence-corrected chi connectivity index (χ0v) is 18.8. The lowest BCUT2D eigenvalue weighted by molar-refractivity contribution is 0.102. The molecule has 0 saturated carbocycles. The van der Waals surface area contributed by atoms with Gasteiger partial charge in [0, 0.05) is 21.7 Å². The largest absolute Gasteiger partial charge is 0.321 e. The van der Waals surface area contributed by atoms with E-state index in [1.165, 1.54) is 0 Å². The third-order valence-electron chi connectivity index (χ3n) is 5.20. The van der Waals surface area contributed by atoms with Gasteiger partial charge in [-0.25, -0.2) is 9.97 Å². The molecule has 1 aromatic heterocycles. The Balaban J connectivity index is 1.59. The average molecular weight is 470 g/mol. The predicted molar refractivity (Wildman–Crippen MR) is 135 cm³/mol. The first-order valence-electron chi connectivity index (χ1n) is 10.3. The molecule has 0 fully saturated rings. The number of carbonyl (C=O) groups is 1. The summed E-state index contributed by atoms with van der Waals surface area (Å²) in [6.45, 7) is 0. The molecule has 1 amide bonds. The van der Waals surface area contributed by atoms with Gasteiger partial charge in [-0.1, -0.05) is 83.9 Å². The van der Waals surface area contributed by atoms with Crippen LogP contribution in [0.2, 0.25) is 10.0 Å². The summed E-state index contributed by atoms with van der Waals surface area (Å²) in [6.07, 6.45) is 0. The molecule has 1 N–H and O–H groups in total. The van der Waals surface area contributed by atoms with Gasteiger partial charge in [-0.3, -0.25) is 4.79 Å². The van der Waals surface area contributed by atoms with Crippen LogP contribution >= 0.6 is 23.2 Å². The second kappa shape index (κ2) is 9.02. The van der Waals surface area contributed by atoms with Crippen molar-refractivity contribution in [2.75, 3.05) is 5.32 Å². The van der Waals surface area contributed by atoms with E-state index >= 15 is 0 Å². The fraction of sp³-hybridized carbons (Fsp3) is 0. The Kier molecular flexibility index (Phi) is 5.78. The Hall–Kier alpha value is -3.73. The molecular formula is C27H17Cl2N3O. The quantitative estimate of drug-likeness (QED) is 0.296. The first-order valence-corrected chi connectivity index (χ1v) is 11.0.